The van der Waals surface area contributed by atoms with Gasteiger partial charge in [0.05, 0.1) is 12.2 Å². The Kier molecular flexibility index (Phi) is 6.30. The van der Waals surface area contributed by atoms with Gasteiger partial charge in [0.15, 0.2) is 11.4 Å². The van der Waals surface area contributed by atoms with Crippen molar-refractivity contribution in [1.29, 1.82) is 0 Å². The van der Waals surface area contributed by atoms with E-state index in [0.29, 0.717) is 16.7 Å². The third kappa shape index (κ3) is 4.23. The van der Waals surface area contributed by atoms with E-state index in [1.165, 1.54) is 4.57 Å². The highest BCUT2D eigenvalue weighted by molar-refractivity contribution is 6.07. The molecule has 1 aliphatic heterocycles. The second kappa shape index (κ2) is 9.61. The molecule has 4 aromatic rings. The molecule has 1 atom stereocenters. The monoisotopic (exact) mass is 513 g/mol. The lowest BCUT2D eigenvalue weighted by atomic mass is 9.88. The number of amides is 3. The summed E-state index contributed by atoms with van der Waals surface area (Å²) in [4.78, 5) is 25.5. The number of carbonyl (C=O) groups excluding carboxylic acids is 2. The molecule has 1 saturated heterocycles. The van der Waals surface area contributed by atoms with Gasteiger partial charge in [0.25, 0.3) is 5.91 Å². The molecule has 0 saturated carbocycles. The maximum Gasteiger partial charge on any atom is 0.322 e. The summed E-state index contributed by atoms with van der Waals surface area (Å²) >= 11 is 0. The standard InChI is InChI=1S/C28H27N5O5/c1-17-24(18(2)32(3)31-17)19-6-9-21(10-7-19)28(26(36)29-27(37)30-28)16-33-15-20-8-11-22(14-23(20)25(33)35)38-13-5-4-12-34/h6-11,14-15,34-35H,12-13,16H2,1-3H3,(H2,29,30,36,37)/t28-/m0/s1. The lowest BCUT2D eigenvalue weighted by Gasteiger charge is -2.27. The number of hydrogen-bond acceptors (Lipinski definition) is 6. The summed E-state index contributed by atoms with van der Waals surface area (Å²) in [7, 11) is 1.89. The van der Waals surface area contributed by atoms with Crippen LogP contribution in [0.15, 0.2) is 48.7 Å². The Morgan fingerprint density at radius 3 is 2.50 bits per heavy atom. The van der Waals surface area contributed by atoms with Crippen LogP contribution < -0.4 is 15.4 Å². The molecule has 2 aromatic carbocycles. The molecule has 38 heavy (non-hydrogen) atoms. The second-order valence-electron chi connectivity index (χ2n) is 9.19. The van der Waals surface area contributed by atoms with Crippen molar-refractivity contribution in [2.24, 2.45) is 7.05 Å². The number of aliphatic hydroxyl groups excluding tert-OH is 1. The number of hydrogen-bond donors (Lipinski definition) is 4. The van der Waals surface area contributed by atoms with Crippen molar-refractivity contribution < 1.29 is 24.5 Å². The maximum atomic E-state index is 13.2. The molecule has 1 fully saturated rings. The average Bonchev–Trinajstić information content (AvgIpc) is 3.46. The lowest BCUT2D eigenvalue weighted by molar-refractivity contribution is -0.124. The second-order valence-corrected chi connectivity index (χ2v) is 9.19. The van der Waals surface area contributed by atoms with Crippen molar-refractivity contribution in [2.45, 2.75) is 25.9 Å². The molecule has 0 radical (unpaired) electrons. The van der Waals surface area contributed by atoms with Gasteiger partial charge in [-0.05, 0) is 43.2 Å². The van der Waals surface area contributed by atoms with Gasteiger partial charge in [-0.15, -0.1) is 0 Å². The Morgan fingerprint density at radius 2 is 1.87 bits per heavy atom. The van der Waals surface area contributed by atoms with E-state index in [1.807, 2.05) is 49.8 Å². The first-order chi connectivity index (χ1) is 18.2. The van der Waals surface area contributed by atoms with Gasteiger partial charge in [-0.2, -0.15) is 5.10 Å². The van der Waals surface area contributed by atoms with E-state index < -0.39 is 17.5 Å². The zero-order valence-corrected chi connectivity index (χ0v) is 21.2. The molecule has 0 spiro atoms. The molecule has 5 rings (SSSR count). The quantitative estimate of drug-likeness (QED) is 0.232. The molecule has 2 aromatic heterocycles. The number of imide groups is 1. The molecule has 10 nitrogen and oxygen atoms in total. The van der Waals surface area contributed by atoms with Crippen molar-refractivity contribution in [2.75, 3.05) is 13.2 Å². The summed E-state index contributed by atoms with van der Waals surface area (Å²) in [6.07, 6.45) is 1.72. The minimum absolute atomic E-state index is 0.0342. The van der Waals surface area contributed by atoms with Crippen molar-refractivity contribution >= 4 is 22.7 Å². The van der Waals surface area contributed by atoms with Crippen LogP contribution in [-0.4, -0.2) is 49.7 Å². The number of ether oxygens (including phenoxy) is 1. The molecular formula is C28H27N5O5. The Morgan fingerprint density at radius 1 is 1.11 bits per heavy atom. The molecule has 0 bridgehead atoms. The Hall–Kier alpha value is -4.75. The Labute approximate surface area is 218 Å². The molecule has 194 valence electrons. The van der Waals surface area contributed by atoms with Gasteiger partial charge < -0.3 is 24.8 Å². The maximum absolute atomic E-state index is 13.2. The summed E-state index contributed by atoms with van der Waals surface area (Å²) in [5.74, 6) is 5.10. The number of fused-ring (bicyclic) bond motifs is 1. The summed E-state index contributed by atoms with van der Waals surface area (Å²) in [6, 6.07) is 12.0. The number of aromatic hydroxyl groups is 1. The van der Waals surface area contributed by atoms with E-state index in [2.05, 4.69) is 27.6 Å². The average molecular weight is 514 g/mol. The van der Waals surface area contributed by atoms with Crippen LogP contribution in [0, 0.1) is 25.7 Å². The third-order valence-corrected chi connectivity index (χ3v) is 6.87. The lowest BCUT2D eigenvalue weighted by Crippen LogP contribution is -2.47. The fourth-order valence-corrected chi connectivity index (χ4v) is 4.93. The van der Waals surface area contributed by atoms with E-state index in [-0.39, 0.29) is 25.6 Å². The van der Waals surface area contributed by atoms with Crippen LogP contribution in [0.2, 0.25) is 0 Å². The minimum Gasteiger partial charge on any atom is -0.494 e. The van der Waals surface area contributed by atoms with Crippen molar-refractivity contribution in [3.05, 3.63) is 65.6 Å². The zero-order chi connectivity index (χ0) is 27.0. The molecule has 3 heterocycles. The van der Waals surface area contributed by atoms with E-state index in [0.717, 1.165) is 27.9 Å². The van der Waals surface area contributed by atoms with Gasteiger partial charge in [0.1, 0.15) is 19.0 Å². The van der Waals surface area contributed by atoms with Crippen LogP contribution in [-0.2, 0) is 23.9 Å². The first-order valence-electron chi connectivity index (χ1n) is 12.0. The van der Waals surface area contributed by atoms with Gasteiger partial charge in [0.2, 0.25) is 0 Å². The molecule has 1 aliphatic rings. The number of aliphatic hydroxyl groups is 1. The smallest absolute Gasteiger partial charge is 0.322 e. The number of urea groups is 1. The zero-order valence-electron chi connectivity index (χ0n) is 21.2. The van der Waals surface area contributed by atoms with Crippen molar-refractivity contribution in [3.8, 4) is 34.6 Å². The number of aromatic nitrogens is 3. The Bertz CT molecular complexity index is 1620. The van der Waals surface area contributed by atoms with Gasteiger partial charge in [-0.1, -0.05) is 36.1 Å². The molecule has 10 heteroatoms. The fraction of sp³-hybridized carbons (Fsp3) is 0.250. The van der Waals surface area contributed by atoms with E-state index in [1.54, 1.807) is 24.4 Å². The minimum atomic E-state index is -1.43. The largest absolute Gasteiger partial charge is 0.494 e. The first kappa shape index (κ1) is 24.9. The number of aryl methyl sites for hydroxylation is 2. The Balaban J connectivity index is 1.50. The van der Waals surface area contributed by atoms with Crippen LogP contribution in [0.25, 0.3) is 21.9 Å². The fourth-order valence-electron chi connectivity index (χ4n) is 4.93. The normalized spacial score (nSPS) is 16.7. The highest BCUT2D eigenvalue weighted by atomic mass is 16.5. The highest BCUT2D eigenvalue weighted by Gasteiger charge is 2.48. The van der Waals surface area contributed by atoms with Gasteiger partial charge in [0, 0.05) is 35.3 Å². The molecule has 4 N–H and O–H groups in total. The summed E-state index contributed by atoms with van der Waals surface area (Å²) in [5, 5.41) is 30.7. The number of carbonyl (C=O) groups is 2. The summed E-state index contributed by atoms with van der Waals surface area (Å²) in [5.41, 5.74) is 3.02. The van der Waals surface area contributed by atoms with Crippen molar-refractivity contribution in [3.63, 3.8) is 0 Å². The number of benzene rings is 2. The van der Waals surface area contributed by atoms with Gasteiger partial charge in [-0.3, -0.25) is 14.8 Å². The third-order valence-electron chi connectivity index (χ3n) is 6.87. The van der Waals surface area contributed by atoms with E-state index in [4.69, 9.17) is 9.84 Å². The predicted molar refractivity (Wildman–Crippen MR) is 140 cm³/mol. The molecule has 0 aliphatic carbocycles. The molecular weight excluding hydrogens is 486 g/mol. The van der Waals surface area contributed by atoms with Crippen LogP contribution in [0.4, 0.5) is 4.79 Å². The van der Waals surface area contributed by atoms with Gasteiger partial charge >= 0.3 is 6.03 Å². The van der Waals surface area contributed by atoms with Crippen LogP contribution in [0.3, 0.4) is 0 Å². The topological polar surface area (TPSA) is 131 Å². The number of nitrogens with zero attached hydrogens (tertiary/aromatic N) is 3. The van der Waals surface area contributed by atoms with Crippen molar-refractivity contribution in [1.82, 2.24) is 25.0 Å². The van der Waals surface area contributed by atoms with Crippen LogP contribution in [0.1, 0.15) is 17.0 Å². The number of nitrogens with one attached hydrogen (secondary N) is 2. The SMILES string of the molecule is Cc1nn(C)c(C)c1-c1ccc([C@]2(Cn3cc4ccc(OCC#CCO)cc4c3O)NC(=O)NC2=O)cc1. The molecule has 0 unspecified atom stereocenters. The highest BCUT2D eigenvalue weighted by Crippen LogP contribution is 2.36. The predicted octanol–water partition coefficient (Wildman–Crippen LogP) is 2.47. The van der Waals surface area contributed by atoms with Gasteiger partial charge in [-0.25, -0.2) is 4.79 Å². The van der Waals surface area contributed by atoms with Crippen LogP contribution >= 0.6 is 0 Å². The first-order valence-corrected chi connectivity index (χ1v) is 12.0. The van der Waals surface area contributed by atoms with E-state index in [9.17, 15) is 14.7 Å². The molecule has 3 amide bonds. The van der Waals surface area contributed by atoms with Crippen LogP contribution in [0.5, 0.6) is 11.6 Å². The summed E-state index contributed by atoms with van der Waals surface area (Å²) < 4.78 is 8.93. The van der Waals surface area contributed by atoms with E-state index >= 15 is 0 Å². The summed E-state index contributed by atoms with van der Waals surface area (Å²) in [6.45, 7) is 3.75. The number of rotatable bonds is 6.